The van der Waals surface area contributed by atoms with E-state index in [2.05, 4.69) is 15.6 Å². The first-order valence-electron chi connectivity index (χ1n) is 9.48. The molecule has 1 saturated heterocycles. The minimum absolute atomic E-state index is 0. The second-order valence-corrected chi connectivity index (χ2v) is 7.04. The topological polar surface area (TPSA) is 139 Å². The Morgan fingerprint density at radius 3 is 2.31 bits per heavy atom. The Labute approximate surface area is 183 Å². The summed E-state index contributed by atoms with van der Waals surface area (Å²) >= 11 is 0. The summed E-state index contributed by atoms with van der Waals surface area (Å²) in [6.45, 7) is 3.27. The van der Waals surface area contributed by atoms with Crippen LogP contribution >= 0.6 is 13.5 Å². The lowest BCUT2D eigenvalue weighted by Crippen LogP contribution is -2.29. The molecule has 1 aromatic carbocycles. The van der Waals surface area contributed by atoms with Crippen LogP contribution in [0, 0.1) is 11.7 Å². The molecule has 9 heteroatoms. The van der Waals surface area contributed by atoms with E-state index in [0.717, 1.165) is 32.2 Å². The fourth-order valence-electron chi connectivity index (χ4n) is 3.48. The van der Waals surface area contributed by atoms with Crippen molar-refractivity contribution in [1.82, 2.24) is 10.3 Å². The molecule has 2 aromatic rings. The Balaban J connectivity index is -0.000000269. The number of aromatic nitrogens is 1. The van der Waals surface area contributed by atoms with Crippen molar-refractivity contribution < 1.29 is 22.6 Å². The summed E-state index contributed by atoms with van der Waals surface area (Å²) < 4.78 is 18.6. The maximum Gasteiger partial charge on any atom is 0.295 e. The van der Waals surface area contributed by atoms with E-state index in [1.54, 1.807) is 6.07 Å². The van der Waals surface area contributed by atoms with E-state index in [-0.39, 0.29) is 40.5 Å². The van der Waals surface area contributed by atoms with Crippen LogP contribution in [-0.4, -0.2) is 41.6 Å². The van der Waals surface area contributed by atoms with Crippen LogP contribution in [0.2, 0.25) is 0 Å². The van der Waals surface area contributed by atoms with Gasteiger partial charge in [-0.3, -0.25) is 0 Å². The zero-order chi connectivity index (χ0) is 17.5. The number of benzene rings is 1. The summed E-state index contributed by atoms with van der Waals surface area (Å²) in [7, 11) is 0. The fourth-order valence-corrected chi connectivity index (χ4v) is 3.48. The van der Waals surface area contributed by atoms with Gasteiger partial charge in [-0.15, -0.1) is 0 Å². The standard InChI is InChI=1S/C14H18FN3O.C5H11N.CH4.2H2O.H2S.2H2/c15-10-3-6-12-13(7-10)19-14(18-12)17-11-4-1-9(8-16)2-5-11;1-2-4-6-5-3-1;;;;;;/h3,6-7,9,11H,1-2,4-5,8,16H2,(H,17,18);6H,1-5H2;1H4;3*1H2;2*1H. The average Bonchev–Trinajstić information content (AvgIpc) is 3.05. The maximum atomic E-state index is 13.1. The lowest BCUT2D eigenvalue weighted by molar-refractivity contribution is 0.341. The summed E-state index contributed by atoms with van der Waals surface area (Å²) in [6.07, 6.45) is 8.66. The number of oxazole rings is 1. The third-order valence-corrected chi connectivity index (χ3v) is 5.07. The molecule has 8 N–H and O–H groups in total. The first-order valence-corrected chi connectivity index (χ1v) is 9.48. The van der Waals surface area contributed by atoms with E-state index >= 15 is 0 Å². The highest BCUT2D eigenvalue weighted by Gasteiger charge is 2.21. The van der Waals surface area contributed by atoms with Crippen molar-refractivity contribution in [2.75, 3.05) is 25.0 Å². The number of hydrogen-bond acceptors (Lipinski definition) is 5. The molecule has 2 aliphatic rings. The number of anilines is 1. The molecule has 174 valence electrons. The van der Waals surface area contributed by atoms with Crippen molar-refractivity contribution in [3.05, 3.63) is 24.0 Å². The third-order valence-electron chi connectivity index (χ3n) is 5.07. The predicted molar refractivity (Wildman–Crippen MR) is 128 cm³/mol. The van der Waals surface area contributed by atoms with Crippen LogP contribution < -0.4 is 16.4 Å². The number of piperidine rings is 1. The molecule has 7 nitrogen and oxygen atoms in total. The van der Waals surface area contributed by atoms with Gasteiger partial charge in [0.25, 0.3) is 6.01 Å². The Bertz CT molecular complexity index is 661. The number of nitrogens with one attached hydrogen (secondary N) is 2. The summed E-state index contributed by atoms with van der Waals surface area (Å²) in [5.74, 6) is 0.342. The summed E-state index contributed by atoms with van der Waals surface area (Å²) in [6, 6.07) is 5.24. The molecule has 0 bridgehead atoms. The highest BCUT2D eigenvalue weighted by molar-refractivity contribution is 7.59. The quantitative estimate of drug-likeness (QED) is 0.675. The lowest BCUT2D eigenvalue weighted by atomic mass is 9.86. The molecule has 4 rings (SSSR count). The van der Waals surface area contributed by atoms with Gasteiger partial charge in [0.1, 0.15) is 11.3 Å². The van der Waals surface area contributed by atoms with Gasteiger partial charge in [-0.05, 0) is 76.2 Å². The zero-order valence-electron chi connectivity index (χ0n) is 16.3. The number of nitrogens with zero attached hydrogens (tertiary/aromatic N) is 1. The molecule has 0 unspecified atom stereocenters. The van der Waals surface area contributed by atoms with Gasteiger partial charge >= 0.3 is 0 Å². The number of nitrogens with two attached hydrogens (primary N) is 1. The van der Waals surface area contributed by atoms with Gasteiger partial charge in [0.15, 0.2) is 5.58 Å². The van der Waals surface area contributed by atoms with Crippen LogP contribution in [0.1, 0.15) is 55.2 Å². The highest BCUT2D eigenvalue weighted by Crippen LogP contribution is 2.27. The van der Waals surface area contributed by atoms with Crippen molar-refractivity contribution in [2.24, 2.45) is 11.7 Å². The largest absolute Gasteiger partial charge is 0.423 e. The highest BCUT2D eigenvalue weighted by atomic mass is 32.1. The molecule has 2 fully saturated rings. The van der Waals surface area contributed by atoms with Crippen LogP contribution in [-0.2, 0) is 0 Å². The molecule has 0 amide bonds. The Morgan fingerprint density at radius 1 is 1.14 bits per heavy atom. The summed E-state index contributed by atoms with van der Waals surface area (Å²) in [5, 5.41) is 6.58. The van der Waals surface area contributed by atoms with Crippen LogP contribution in [0.5, 0.6) is 0 Å². The Hall–Kier alpha value is -1.39. The number of fused-ring (bicyclic) bond motifs is 1. The number of hydrogen-bond donors (Lipinski definition) is 3. The van der Waals surface area contributed by atoms with E-state index in [9.17, 15) is 4.39 Å². The first kappa shape index (κ1) is 29.8. The minimum atomic E-state index is -0.307. The minimum Gasteiger partial charge on any atom is -0.423 e. The smallest absolute Gasteiger partial charge is 0.295 e. The van der Waals surface area contributed by atoms with Crippen LogP contribution in [0.15, 0.2) is 22.6 Å². The molecule has 1 aromatic heterocycles. The van der Waals surface area contributed by atoms with Crippen molar-refractivity contribution in [3.63, 3.8) is 0 Å². The van der Waals surface area contributed by atoms with E-state index in [1.165, 1.54) is 44.5 Å². The third kappa shape index (κ3) is 9.31. The van der Waals surface area contributed by atoms with Gasteiger partial charge in [-0.1, -0.05) is 13.8 Å². The summed E-state index contributed by atoms with van der Waals surface area (Å²) in [5.41, 5.74) is 6.84. The first-order chi connectivity index (χ1) is 12.2. The van der Waals surface area contributed by atoms with Gasteiger partial charge in [0, 0.05) is 15.0 Å². The van der Waals surface area contributed by atoms with Gasteiger partial charge in [0.2, 0.25) is 0 Å². The maximum absolute atomic E-state index is 13.1. The van der Waals surface area contributed by atoms with Crippen molar-refractivity contribution in [3.8, 4) is 0 Å². The van der Waals surface area contributed by atoms with E-state index < -0.39 is 0 Å². The molecule has 0 radical (unpaired) electrons. The van der Waals surface area contributed by atoms with Gasteiger partial charge in [-0.25, -0.2) is 4.39 Å². The summed E-state index contributed by atoms with van der Waals surface area (Å²) in [4.78, 5) is 4.32. The Kier molecular flexibility index (Phi) is 15.9. The SMILES string of the molecule is C.C1CCNCC1.NCC1CCC(Nc2nc3ccc(F)cc3o2)CC1.O.O.S.[HH].[HH]. The van der Waals surface area contributed by atoms with Crippen molar-refractivity contribution in [2.45, 2.75) is 58.4 Å². The van der Waals surface area contributed by atoms with Crippen LogP contribution in [0.25, 0.3) is 11.1 Å². The second-order valence-electron chi connectivity index (χ2n) is 7.04. The lowest BCUT2D eigenvalue weighted by Gasteiger charge is -2.27. The van der Waals surface area contributed by atoms with Gasteiger partial charge < -0.3 is 31.7 Å². The molecule has 1 saturated carbocycles. The fraction of sp³-hybridized carbons (Fsp3) is 0.650. The average molecular weight is 439 g/mol. The van der Waals surface area contributed by atoms with Gasteiger partial charge in [-0.2, -0.15) is 18.5 Å². The molecular formula is C20H43FN4O3S. The van der Waals surface area contributed by atoms with E-state index in [0.29, 0.717) is 29.1 Å². The zero-order valence-corrected chi connectivity index (χ0v) is 17.3. The van der Waals surface area contributed by atoms with E-state index in [4.69, 9.17) is 10.2 Å². The van der Waals surface area contributed by atoms with Crippen LogP contribution in [0.4, 0.5) is 10.4 Å². The van der Waals surface area contributed by atoms with E-state index in [1.807, 2.05) is 0 Å². The molecule has 1 aliphatic carbocycles. The molecule has 2 heterocycles. The second kappa shape index (κ2) is 15.4. The van der Waals surface area contributed by atoms with Crippen molar-refractivity contribution >= 4 is 30.6 Å². The molecule has 0 spiro atoms. The molecule has 0 atom stereocenters. The monoisotopic (exact) mass is 438 g/mol. The van der Waals surface area contributed by atoms with Crippen LogP contribution in [0.3, 0.4) is 0 Å². The Morgan fingerprint density at radius 2 is 1.79 bits per heavy atom. The molecule has 1 aliphatic heterocycles. The van der Waals surface area contributed by atoms with Gasteiger partial charge in [0.05, 0.1) is 0 Å². The number of halogens is 1. The predicted octanol–water partition coefficient (Wildman–Crippen LogP) is 3.25. The number of rotatable bonds is 3. The normalized spacial score (nSPS) is 20.5. The molecular weight excluding hydrogens is 395 g/mol. The molecule has 29 heavy (non-hydrogen) atoms. The van der Waals surface area contributed by atoms with Crippen molar-refractivity contribution in [1.29, 1.82) is 0 Å².